The first kappa shape index (κ1) is 16.0. The summed E-state index contributed by atoms with van der Waals surface area (Å²) in [6.07, 6.45) is 2.11. The Kier molecular flexibility index (Phi) is 4.37. The molecule has 3 nitrogen and oxygen atoms in total. The normalized spacial score (nSPS) is 21.0. The van der Waals surface area contributed by atoms with Gasteiger partial charge in [0.1, 0.15) is 0 Å². The van der Waals surface area contributed by atoms with Gasteiger partial charge >= 0.3 is 0 Å². The van der Waals surface area contributed by atoms with Crippen molar-refractivity contribution < 1.29 is 8.42 Å². The van der Waals surface area contributed by atoms with Crippen LogP contribution in [0.15, 0.2) is 65.1 Å². The van der Waals surface area contributed by atoms with Crippen molar-refractivity contribution in [3.05, 3.63) is 71.3 Å². The standard InChI is InChI=1S/C19H21NO2S/c1-15-8-10-19(11-9-15)23(21,22)20-13-16(2)18(14-20)12-17-6-4-3-5-7-17/h3-12,16H,13-14H2,1-2H3/b18-12-. The molecule has 0 bridgehead atoms. The maximum atomic E-state index is 12.8. The molecule has 0 radical (unpaired) electrons. The SMILES string of the molecule is Cc1ccc(S(=O)(=O)N2C/C(=C/c3ccccc3)C(C)C2)cc1. The van der Waals surface area contributed by atoms with Crippen LogP contribution in [0.1, 0.15) is 18.1 Å². The van der Waals surface area contributed by atoms with E-state index in [1.165, 1.54) is 0 Å². The third kappa shape index (κ3) is 3.38. The van der Waals surface area contributed by atoms with Gasteiger partial charge in [0.15, 0.2) is 0 Å². The minimum absolute atomic E-state index is 0.232. The van der Waals surface area contributed by atoms with Crippen LogP contribution in [0.4, 0.5) is 0 Å². The first-order chi connectivity index (χ1) is 11.0. The molecule has 1 fully saturated rings. The van der Waals surface area contributed by atoms with Crippen molar-refractivity contribution in [1.29, 1.82) is 0 Å². The summed E-state index contributed by atoms with van der Waals surface area (Å²) in [4.78, 5) is 0.372. The molecule has 0 N–H and O–H groups in total. The molecule has 120 valence electrons. The van der Waals surface area contributed by atoms with Gasteiger partial charge in [0.2, 0.25) is 10.0 Å². The monoisotopic (exact) mass is 327 g/mol. The number of hydrogen-bond donors (Lipinski definition) is 0. The Morgan fingerprint density at radius 1 is 1.04 bits per heavy atom. The van der Waals surface area contributed by atoms with Crippen molar-refractivity contribution in [3.8, 4) is 0 Å². The Bertz CT molecular complexity index is 808. The molecule has 0 aliphatic carbocycles. The summed E-state index contributed by atoms with van der Waals surface area (Å²) in [7, 11) is -3.42. The number of aryl methyl sites for hydroxylation is 1. The van der Waals surface area contributed by atoms with Crippen LogP contribution in [-0.2, 0) is 10.0 Å². The molecule has 3 rings (SSSR count). The predicted molar refractivity (Wildman–Crippen MR) is 93.5 cm³/mol. The van der Waals surface area contributed by atoms with E-state index in [0.29, 0.717) is 18.0 Å². The van der Waals surface area contributed by atoms with Gasteiger partial charge in [-0.15, -0.1) is 0 Å². The number of hydrogen-bond acceptors (Lipinski definition) is 2. The first-order valence-electron chi connectivity index (χ1n) is 7.79. The lowest BCUT2D eigenvalue weighted by Crippen LogP contribution is -2.28. The highest BCUT2D eigenvalue weighted by Crippen LogP contribution is 2.29. The zero-order valence-corrected chi connectivity index (χ0v) is 14.3. The molecule has 1 aliphatic heterocycles. The van der Waals surface area contributed by atoms with Crippen molar-refractivity contribution in [3.63, 3.8) is 0 Å². The van der Waals surface area contributed by atoms with E-state index in [1.54, 1.807) is 16.4 Å². The van der Waals surface area contributed by atoms with Crippen LogP contribution in [-0.4, -0.2) is 25.8 Å². The van der Waals surface area contributed by atoms with Crippen molar-refractivity contribution in [2.24, 2.45) is 5.92 Å². The Labute approximate surface area is 138 Å². The predicted octanol–water partition coefficient (Wildman–Crippen LogP) is 3.72. The van der Waals surface area contributed by atoms with Gasteiger partial charge in [0.25, 0.3) is 0 Å². The largest absolute Gasteiger partial charge is 0.243 e. The summed E-state index contributed by atoms with van der Waals surface area (Å²) in [5.74, 6) is 0.232. The van der Waals surface area contributed by atoms with E-state index in [0.717, 1.165) is 16.7 Å². The first-order valence-corrected chi connectivity index (χ1v) is 9.23. The highest BCUT2D eigenvalue weighted by atomic mass is 32.2. The van der Waals surface area contributed by atoms with E-state index in [2.05, 4.69) is 13.0 Å². The quantitative estimate of drug-likeness (QED) is 0.861. The Morgan fingerprint density at radius 2 is 1.70 bits per heavy atom. The lowest BCUT2D eigenvalue weighted by atomic mass is 10.0. The molecule has 23 heavy (non-hydrogen) atoms. The molecule has 2 aromatic carbocycles. The third-order valence-corrected chi connectivity index (χ3v) is 6.11. The number of benzene rings is 2. The van der Waals surface area contributed by atoms with Gasteiger partial charge in [-0.25, -0.2) is 8.42 Å². The molecular formula is C19H21NO2S. The van der Waals surface area contributed by atoms with E-state index >= 15 is 0 Å². The Balaban J connectivity index is 1.86. The summed E-state index contributed by atoms with van der Waals surface area (Å²) in [6, 6.07) is 17.1. The molecule has 0 aromatic heterocycles. The fourth-order valence-electron chi connectivity index (χ4n) is 2.84. The van der Waals surface area contributed by atoms with E-state index in [-0.39, 0.29) is 5.92 Å². The van der Waals surface area contributed by atoms with Crippen LogP contribution < -0.4 is 0 Å². The maximum absolute atomic E-state index is 12.8. The zero-order valence-electron chi connectivity index (χ0n) is 13.4. The van der Waals surface area contributed by atoms with Crippen molar-refractivity contribution in [1.82, 2.24) is 4.31 Å². The summed E-state index contributed by atoms with van der Waals surface area (Å²) >= 11 is 0. The molecule has 1 atom stereocenters. The van der Waals surface area contributed by atoms with Crippen molar-refractivity contribution in [2.45, 2.75) is 18.7 Å². The fraction of sp³-hybridized carbons (Fsp3) is 0.263. The molecule has 1 heterocycles. The van der Waals surface area contributed by atoms with Gasteiger partial charge < -0.3 is 0 Å². The van der Waals surface area contributed by atoms with Crippen molar-refractivity contribution in [2.75, 3.05) is 13.1 Å². The van der Waals surface area contributed by atoms with Gasteiger partial charge in [0, 0.05) is 13.1 Å². The van der Waals surface area contributed by atoms with E-state index in [4.69, 9.17) is 0 Å². The van der Waals surface area contributed by atoms with Crippen LogP contribution in [0.3, 0.4) is 0 Å². The second kappa shape index (κ2) is 6.30. The fourth-order valence-corrected chi connectivity index (χ4v) is 4.36. The van der Waals surface area contributed by atoms with E-state index in [1.807, 2.05) is 49.4 Å². The molecule has 0 spiro atoms. The maximum Gasteiger partial charge on any atom is 0.243 e. The molecule has 2 aromatic rings. The van der Waals surface area contributed by atoms with Crippen LogP contribution in [0.5, 0.6) is 0 Å². The smallest absolute Gasteiger partial charge is 0.207 e. The van der Waals surface area contributed by atoms with Crippen LogP contribution in [0, 0.1) is 12.8 Å². The van der Waals surface area contributed by atoms with Gasteiger partial charge in [-0.1, -0.05) is 66.6 Å². The molecule has 1 unspecified atom stereocenters. The summed E-state index contributed by atoms with van der Waals surface area (Å²) in [5.41, 5.74) is 3.33. The highest BCUT2D eigenvalue weighted by molar-refractivity contribution is 7.89. The average molecular weight is 327 g/mol. The van der Waals surface area contributed by atoms with Crippen LogP contribution >= 0.6 is 0 Å². The minimum Gasteiger partial charge on any atom is -0.207 e. The third-order valence-electron chi connectivity index (χ3n) is 4.28. The van der Waals surface area contributed by atoms with E-state index in [9.17, 15) is 8.42 Å². The summed E-state index contributed by atoms with van der Waals surface area (Å²) in [6.45, 7) is 5.04. The molecule has 1 aliphatic rings. The Morgan fingerprint density at radius 3 is 2.35 bits per heavy atom. The van der Waals surface area contributed by atoms with Crippen LogP contribution in [0.25, 0.3) is 6.08 Å². The molecule has 1 saturated heterocycles. The molecular weight excluding hydrogens is 306 g/mol. The second-order valence-electron chi connectivity index (χ2n) is 6.14. The van der Waals surface area contributed by atoms with Crippen LogP contribution in [0.2, 0.25) is 0 Å². The lowest BCUT2D eigenvalue weighted by Gasteiger charge is -2.15. The number of nitrogens with zero attached hydrogens (tertiary/aromatic N) is 1. The zero-order chi connectivity index (χ0) is 16.4. The van der Waals surface area contributed by atoms with Crippen molar-refractivity contribution >= 4 is 16.1 Å². The minimum atomic E-state index is -3.42. The Hall–Kier alpha value is -1.91. The topological polar surface area (TPSA) is 37.4 Å². The summed E-state index contributed by atoms with van der Waals surface area (Å²) < 4.78 is 27.2. The average Bonchev–Trinajstić information content (AvgIpc) is 2.90. The van der Waals surface area contributed by atoms with Gasteiger partial charge in [-0.3, -0.25) is 0 Å². The summed E-state index contributed by atoms with van der Waals surface area (Å²) in [5, 5.41) is 0. The molecule has 0 amide bonds. The molecule has 0 saturated carbocycles. The molecule has 4 heteroatoms. The second-order valence-corrected chi connectivity index (χ2v) is 8.08. The van der Waals surface area contributed by atoms with Gasteiger partial charge in [0.05, 0.1) is 4.90 Å². The van der Waals surface area contributed by atoms with Gasteiger partial charge in [-0.2, -0.15) is 4.31 Å². The number of sulfonamides is 1. The highest BCUT2D eigenvalue weighted by Gasteiger charge is 2.33. The lowest BCUT2D eigenvalue weighted by molar-refractivity contribution is 0.464. The van der Waals surface area contributed by atoms with E-state index < -0.39 is 10.0 Å². The van der Waals surface area contributed by atoms with Gasteiger partial charge in [-0.05, 0) is 30.5 Å². The number of rotatable bonds is 3.